The molecule has 96 valence electrons. The molecule has 1 rings (SSSR count). The summed E-state index contributed by atoms with van der Waals surface area (Å²) in [7, 11) is 1.91. The van der Waals surface area contributed by atoms with Crippen LogP contribution in [-0.4, -0.2) is 39.8 Å². The van der Waals surface area contributed by atoms with E-state index >= 15 is 0 Å². The van der Waals surface area contributed by atoms with E-state index in [2.05, 4.69) is 20.8 Å². The Kier molecular flexibility index (Phi) is 5.62. The second-order valence-electron chi connectivity index (χ2n) is 4.16. The lowest BCUT2D eigenvalue weighted by Gasteiger charge is -2.11. The first kappa shape index (κ1) is 13.6. The molecule has 0 aliphatic carbocycles. The number of rotatable bonds is 7. The van der Waals surface area contributed by atoms with Gasteiger partial charge in [-0.05, 0) is 13.3 Å². The van der Waals surface area contributed by atoms with Crippen molar-refractivity contribution in [2.45, 2.75) is 32.7 Å². The fraction of sp³-hybridized carbons (Fsp3) is 0.727. The lowest BCUT2D eigenvalue weighted by Crippen LogP contribution is -2.39. The third-order valence-corrected chi connectivity index (χ3v) is 2.64. The van der Waals surface area contributed by atoms with Crippen LogP contribution in [0, 0.1) is 0 Å². The third kappa shape index (κ3) is 4.95. The minimum atomic E-state index is 0.0392. The molecular weight excluding hydrogens is 218 g/mol. The maximum absolute atomic E-state index is 11.4. The molecule has 0 saturated heterocycles. The first-order chi connectivity index (χ1) is 8.13. The molecule has 1 aromatic rings. The van der Waals surface area contributed by atoms with Gasteiger partial charge >= 0.3 is 0 Å². The SMILES string of the molecule is CCC(C)NC(=O)CNCCc1nncn1C. The van der Waals surface area contributed by atoms with Crippen LogP contribution in [0.4, 0.5) is 0 Å². The normalized spacial score (nSPS) is 12.4. The van der Waals surface area contributed by atoms with Crippen molar-refractivity contribution in [1.82, 2.24) is 25.4 Å². The summed E-state index contributed by atoms with van der Waals surface area (Å²) in [6, 6.07) is 0.239. The van der Waals surface area contributed by atoms with E-state index in [0.29, 0.717) is 6.54 Å². The van der Waals surface area contributed by atoms with Gasteiger partial charge in [0.25, 0.3) is 0 Å². The molecule has 6 nitrogen and oxygen atoms in total. The second kappa shape index (κ2) is 7.01. The molecule has 0 bridgehead atoms. The monoisotopic (exact) mass is 239 g/mol. The Labute approximate surface area is 102 Å². The van der Waals surface area contributed by atoms with Gasteiger partial charge in [0, 0.05) is 26.1 Å². The summed E-state index contributed by atoms with van der Waals surface area (Å²) >= 11 is 0. The predicted octanol–water partition coefficient (Wildman–Crippen LogP) is -0.138. The standard InChI is InChI=1S/C11H21N5O/c1-4-9(2)14-11(17)7-12-6-5-10-15-13-8-16(10)3/h8-9,12H,4-7H2,1-3H3,(H,14,17). The Morgan fingerprint density at radius 2 is 2.35 bits per heavy atom. The zero-order valence-corrected chi connectivity index (χ0v) is 10.7. The van der Waals surface area contributed by atoms with Crippen molar-refractivity contribution in [2.24, 2.45) is 7.05 Å². The maximum Gasteiger partial charge on any atom is 0.234 e. The fourth-order valence-electron chi connectivity index (χ4n) is 1.36. The number of carbonyl (C=O) groups is 1. The van der Waals surface area contributed by atoms with Gasteiger partial charge in [-0.3, -0.25) is 4.79 Å². The quantitative estimate of drug-likeness (QED) is 0.650. The van der Waals surface area contributed by atoms with Crippen molar-refractivity contribution in [2.75, 3.05) is 13.1 Å². The van der Waals surface area contributed by atoms with Gasteiger partial charge < -0.3 is 15.2 Å². The smallest absolute Gasteiger partial charge is 0.234 e. The highest BCUT2D eigenvalue weighted by Gasteiger charge is 2.05. The highest BCUT2D eigenvalue weighted by atomic mass is 16.1. The Hall–Kier alpha value is -1.43. The van der Waals surface area contributed by atoms with Crippen LogP contribution < -0.4 is 10.6 Å². The molecule has 1 unspecified atom stereocenters. The van der Waals surface area contributed by atoms with Crippen LogP contribution in [0.2, 0.25) is 0 Å². The van der Waals surface area contributed by atoms with E-state index in [1.54, 1.807) is 6.33 Å². The number of amides is 1. The Bertz CT molecular complexity index is 349. The van der Waals surface area contributed by atoms with E-state index < -0.39 is 0 Å². The predicted molar refractivity (Wildman–Crippen MR) is 65.5 cm³/mol. The van der Waals surface area contributed by atoms with Crippen LogP contribution in [0.5, 0.6) is 0 Å². The van der Waals surface area contributed by atoms with E-state index in [1.807, 2.05) is 25.5 Å². The van der Waals surface area contributed by atoms with E-state index in [4.69, 9.17) is 0 Å². The summed E-state index contributed by atoms with van der Waals surface area (Å²) in [6.07, 6.45) is 3.39. The Morgan fingerprint density at radius 1 is 1.59 bits per heavy atom. The van der Waals surface area contributed by atoms with E-state index in [0.717, 1.165) is 25.2 Å². The molecule has 17 heavy (non-hydrogen) atoms. The van der Waals surface area contributed by atoms with Crippen molar-refractivity contribution >= 4 is 5.91 Å². The highest BCUT2D eigenvalue weighted by Crippen LogP contribution is 1.91. The van der Waals surface area contributed by atoms with Crippen LogP contribution >= 0.6 is 0 Å². The number of nitrogens with one attached hydrogen (secondary N) is 2. The maximum atomic E-state index is 11.4. The van der Waals surface area contributed by atoms with Crippen LogP contribution in [0.1, 0.15) is 26.1 Å². The highest BCUT2D eigenvalue weighted by molar-refractivity contribution is 5.78. The molecule has 6 heteroatoms. The molecule has 2 N–H and O–H groups in total. The molecular formula is C11H21N5O. The second-order valence-corrected chi connectivity index (χ2v) is 4.16. The molecule has 1 atom stereocenters. The summed E-state index contributed by atoms with van der Waals surface area (Å²) < 4.78 is 1.88. The first-order valence-electron chi connectivity index (χ1n) is 5.96. The average molecular weight is 239 g/mol. The van der Waals surface area contributed by atoms with Crippen LogP contribution in [0.25, 0.3) is 0 Å². The third-order valence-electron chi connectivity index (χ3n) is 2.64. The Balaban J connectivity index is 2.12. The summed E-state index contributed by atoms with van der Waals surface area (Å²) in [4.78, 5) is 11.4. The molecule has 0 radical (unpaired) electrons. The average Bonchev–Trinajstić information content (AvgIpc) is 2.70. The minimum absolute atomic E-state index is 0.0392. The molecule has 1 aromatic heterocycles. The van der Waals surface area contributed by atoms with Crippen molar-refractivity contribution in [3.8, 4) is 0 Å². The number of nitrogens with zero attached hydrogens (tertiary/aromatic N) is 3. The lowest BCUT2D eigenvalue weighted by atomic mass is 10.2. The van der Waals surface area contributed by atoms with Gasteiger partial charge in [-0.2, -0.15) is 0 Å². The molecule has 0 aliphatic rings. The van der Waals surface area contributed by atoms with Crippen molar-refractivity contribution < 1.29 is 4.79 Å². The topological polar surface area (TPSA) is 71.8 Å². The molecule has 0 aliphatic heterocycles. The van der Waals surface area contributed by atoms with Gasteiger partial charge in [0.2, 0.25) is 5.91 Å². The minimum Gasteiger partial charge on any atom is -0.353 e. The van der Waals surface area contributed by atoms with Crippen molar-refractivity contribution in [1.29, 1.82) is 0 Å². The molecule has 0 fully saturated rings. The Morgan fingerprint density at radius 3 is 2.94 bits per heavy atom. The molecule has 0 spiro atoms. The zero-order valence-electron chi connectivity index (χ0n) is 10.7. The van der Waals surface area contributed by atoms with Gasteiger partial charge in [-0.15, -0.1) is 10.2 Å². The summed E-state index contributed by atoms with van der Waals surface area (Å²) in [5.74, 6) is 0.956. The number of carbonyl (C=O) groups excluding carboxylic acids is 1. The van der Waals surface area contributed by atoms with Gasteiger partial charge in [-0.1, -0.05) is 6.92 Å². The number of hydrogen-bond donors (Lipinski definition) is 2. The van der Waals surface area contributed by atoms with Gasteiger partial charge in [-0.25, -0.2) is 0 Å². The molecule has 0 saturated carbocycles. The number of aromatic nitrogens is 3. The molecule has 0 aromatic carbocycles. The zero-order chi connectivity index (χ0) is 12.7. The number of hydrogen-bond acceptors (Lipinski definition) is 4. The largest absolute Gasteiger partial charge is 0.353 e. The van der Waals surface area contributed by atoms with E-state index in [1.165, 1.54) is 0 Å². The molecule has 1 amide bonds. The van der Waals surface area contributed by atoms with E-state index in [9.17, 15) is 4.79 Å². The summed E-state index contributed by atoms with van der Waals surface area (Å²) in [5.41, 5.74) is 0. The van der Waals surface area contributed by atoms with Crippen LogP contribution in [0.3, 0.4) is 0 Å². The lowest BCUT2D eigenvalue weighted by molar-refractivity contribution is -0.120. The van der Waals surface area contributed by atoms with E-state index in [-0.39, 0.29) is 11.9 Å². The van der Waals surface area contributed by atoms with Gasteiger partial charge in [0.15, 0.2) is 0 Å². The van der Waals surface area contributed by atoms with Crippen LogP contribution in [0.15, 0.2) is 6.33 Å². The van der Waals surface area contributed by atoms with Crippen molar-refractivity contribution in [3.05, 3.63) is 12.2 Å². The molecule has 1 heterocycles. The van der Waals surface area contributed by atoms with Crippen LogP contribution in [-0.2, 0) is 18.3 Å². The number of aryl methyl sites for hydroxylation is 1. The van der Waals surface area contributed by atoms with Gasteiger partial charge in [0.05, 0.1) is 6.54 Å². The summed E-state index contributed by atoms with van der Waals surface area (Å²) in [6.45, 7) is 5.12. The van der Waals surface area contributed by atoms with Crippen molar-refractivity contribution in [3.63, 3.8) is 0 Å². The summed E-state index contributed by atoms with van der Waals surface area (Å²) in [5, 5.41) is 13.7. The first-order valence-corrected chi connectivity index (χ1v) is 5.96. The van der Waals surface area contributed by atoms with Gasteiger partial charge in [0.1, 0.15) is 12.2 Å². The fourth-order valence-corrected chi connectivity index (χ4v) is 1.36.